The predicted octanol–water partition coefficient (Wildman–Crippen LogP) is 3.99. The number of aliphatic hydroxyl groups excluding tert-OH is 1. The number of fused-ring (bicyclic) bond motifs is 1. The van der Waals surface area contributed by atoms with Gasteiger partial charge in [-0.05, 0) is 6.07 Å². The first kappa shape index (κ1) is 25.7. The lowest BCUT2D eigenvalue weighted by molar-refractivity contribution is 0.112. The second-order valence-corrected chi connectivity index (χ2v) is 6.57. The smallest absolute Gasteiger partial charge is 0.346 e. The van der Waals surface area contributed by atoms with E-state index in [9.17, 15) is 14.4 Å². The molecule has 9 nitrogen and oxygen atoms in total. The van der Waals surface area contributed by atoms with Crippen LogP contribution in [0.3, 0.4) is 0 Å². The lowest BCUT2D eigenvalue weighted by Crippen LogP contribution is -2.30. The molecule has 0 atom stereocenters. The van der Waals surface area contributed by atoms with Gasteiger partial charge in [0.15, 0.2) is 11.9 Å². The van der Waals surface area contributed by atoms with Crippen LogP contribution in [0.25, 0.3) is 10.3 Å². The molecular formula is C21H26N2O7S. The first-order chi connectivity index (χ1) is 14.9. The Hall–Kier alpha value is -3.37. The Kier molecular flexibility index (Phi) is 10.2. The van der Waals surface area contributed by atoms with Gasteiger partial charge in [-0.25, -0.2) is 9.59 Å². The number of hydrogen-bond donors (Lipinski definition) is 2. The van der Waals surface area contributed by atoms with Crippen LogP contribution in [0.5, 0.6) is 11.5 Å². The summed E-state index contributed by atoms with van der Waals surface area (Å²) in [5.41, 5.74) is 0.0381. The Bertz CT molecular complexity index is 1050. The van der Waals surface area contributed by atoms with Crippen molar-refractivity contribution in [1.29, 1.82) is 0 Å². The fourth-order valence-corrected chi connectivity index (χ4v) is 3.35. The number of amides is 2. The molecule has 1 aromatic carbocycles. The van der Waals surface area contributed by atoms with Gasteiger partial charge in [-0.2, -0.15) is 0 Å². The number of carbonyl (C=O) groups excluding carboxylic acids is 2. The molecule has 0 unspecified atom stereocenters. The Balaban J connectivity index is 0.00000113. The number of thiophene rings is 1. The number of urea groups is 1. The van der Waals surface area contributed by atoms with Crippen LogP contribution in [0.4, 0.5) is 15.5 Å². The van der Waals surface area contributed by atoms with Gasteiger partial charge in [-0.1, -0.05) is 13.8 Å². The number of benzene rings is 1. The van der Waals surface area contributed by atoms with Crippen molar-refractivity contribution in [3.8, 4) is 11.5 Å². The number of aliphatic hydroxyl groups is 1. The van der Waals surface area contributed by atoms with Gasteiger partial charge in [0.05, 0.1) is 18.9 Å². The van der Waals surface area contributed by atoms with Crippen LogP contribution in [-0.4, -0.2) is 45.8 Å². The highest BCUT2D eigenvalue weighted by Crippen LogP contribution is 2.32. The van der Waals surface area contributed by atoms with Crippen molar-refractivity contribution in [2.45, 2.75) is 13.8 Å². The fraction of sp³-hybridized carbons (Fsp3) is 0.286. The third-order valence-corrected chi connectivity index (χ3v) is 4.94. The molecule has 168 valence electrons. The Morgan fingerprint density at radius 2 is 1.68 bits per heavy atom. The van der Waals surface area contributed by atoms with Crippen LogP contribution in [-0.2, 0) is 0 Å². The maximum absolute atomic E-state index is 12.6. The topological polar surface area (TPSA) is 118 Å². The van der Waals surface area contributed by atoms with Crippen molar-refractivity contribution in [3.05, 3.63) is 46.3 Å². The Labute approximate surface area is 183 Å². The van der Waals surface area contributed by atoms with E-state index in [4.69, 9.17) is 19.0 Å². The summed E-state index contributed by atoms with van der Waals surface area (Å²) in [7, 11) is 5.62. The molecular weight excluding hydrogens is 424 g/mol. The minimum atomic E-state index is -0.711. The maximum Gasteiger partial charge on any atom is 0.346 e. The number of methoxy groups -OCH3 is 2. The monoisotopic (exact) mass is 450 g/mol. The van der Waals surface area contributed by atoms with E-state index in [-0.39, 0.29) is 5.56 Å². The standard InChI is InChI=1S/C18H16N2O6S.C2H6.CH4O/c1-20(16-8-14-15(27-16)4-10(9-21)17(22)26-14)18(23)19-11-5-12(24-2)7-13(6-11)25-3;2*1-2/h4-9H,1-3H3,(H,19,23);1-2H3;2H,1H3. The molecule has 10 heteroatoms. The van der Waals surface area contributed by atoms with Crippen molar-refractivity contribution in [3.63, 3.8) is 0 Å². The van der Waals surface area contributed by atoms with E-state index in [1.54, 1.807) is 31.3 Å². The van der Waals surface area contributed by atoms with Crippen LogP contribution in [0.2, 0.25) is 0 Å². The largest absolute Gasteiger partial charge is 0.497 e. The van der Waals surface area contributed by atoms with Crippen molar-refractivity contribution >= 4 is 44.6 Å². The molecule has 0 aliphatic carbocycles. The SMILES string of the molecule is CC.CO.COc1cc(NC(=O)N(C)c2cc3oc(=O)c(C=O)cc3s2)cc(OC)c1. The van der Waals surface area contributed by atoms with E-state index < -0.39 is 11.7 Å². The average molecular weight is 451 g/mol. The van der Waals surface area contributed by atoms with Crippen LogP contribution < -0.4 is 25.3 Å². The number of rotatable bonds is 5. The summed E-state index contributed by atoms with van der Waals surface area (Å²) in [5, 5.41) is 10.3. The highest BCUT2D eigenvalue weighted by molar-refractivity contribution is 7.22. The summed E-state index contributed by atoms with van der Waals surface area (Å²) in [6, 6.07) is 7.62. The van der Waals surface area contributed by atoms with Gasteiger partial charge in [0.25, 0.3) is 0 Å². The molecule has 0 aliphatic heterocycles. The molecule has 2 amide bonds. The first-order valence-corrected chi connectivity index (χ1v) is 10.0. The fourth-order valence-electron chi connectivity index (χ4n) is 2.35. The van der Waals surface area contributed by atoms with Crippen LogP contribution in [0.15, 0.2) is 39.5 Å². The van der Waals surface area contributed by atoms with Crippen LogP contribution >= 0.6 is 11.3 Å². The average Bonchev–Trinajstić information content (AvgIpc) is 3.22. The molecule has 0 fully saturated rings. The summed E-state index contributed by atoms with van der Waals surface area (Å²) in [4.78, 5) is 36.4. The second kappa shape index (κ2) is 12.4. The van der Waals surface area contributed by atoms with Gasteiger partial charge in [0, 0.05) is 44.1 Å². The highest BCUT2D eigenvalue weighted by atomic mass is 32.1. The molecule has 0 spiro atoms. The molecule has 2 aromatic heterocycles. The first-order valence-electron chi connectivity index (χ1n) is 9.20. The molecule has 0 saturated heterocycles. The van der Waals surface area contributed by atoms with Gasteiger partial charge in [0.1, 0.15) is 22.1 Å². The predicted molar refractivity (Wildman–Crippen MR) is 122 cm³/mol. The summed E-state index contributed by atoms with van der Waals surface area (Å²) < 4.78 is 16.1. The van der Waals surface area contributed by atoms with E-state index in [1.165, 1.54) is 36.5 Å². The molecule has 2 N–H and O–H groups in total. The van der Waals surface area contributed by atoms with E-state index >= 15 is 0 Å². The van der Waals surface area contributed by atoms with E-state index in [0.29, 0.717) is 38.8 Å². The lowest BCUT2D eigenvalue weighted by Gasteiger charge is -2.16. The van der Waals surface area contributed by atoms with E-state index in [0.717, 1.165) is 7.11 Å². The summed E-state index contributed by atoms with van der Waals surface area (Å²) in [6.07, 6.45) is 0.442. The zero-order chi connectivity index (χ0) is 23.6. The molecule has 2 heterocycles. The van der Waals surface area contributed by atoms with Gasteiger partial charge >= 0.3 is 11.7 Å². The van der Waals surface area contributed by atoms with Crippen molar-refractivity contribution < 1.29 is 28.6 Å². The zero-order valence-electron chi connectivity index (χ0n) is 18.2. The number of carbonyl (C=O) groups is 2. The highest BCUT2D eigenvalue weighted by Gasteiger charge is 2.17. The normalized spacial score (nSPS) is 9.52. The third-order valence-electron chi connectivity index (χ3n) is 3.80. The van der Waals surface area contributed by atoms with Crippen molar-refractivity contribution in [2.75, 3.05) is 38.6 Å². The van der Waals surface area contributed by atoms with E-state index in [2.05, 4.69) is 5.32 Å². The quantitative estimate of drug-likeness (QED) is 0.564. The van der Waals surface area contributed by atoms with Crippen molar-refractivity contribution in [1.82, 2.24) is 0 Å². The van der Waals surface area contributed by atoms with Gasteiger partial charge in [-0.15, -0.1) is 11.3 Å². The summed E-state index contributed by atoms with van der Waals surface area (Å²) in [6.45, 7) is 4.00. The summed E-state index contributed by atoms with van der Waals surface area (Å²) in [5.74, 6) is 1.08. The molecule has 31 heavy (non-hydrogen) atoms. The lowest BCUT2D eigenvalue weighted by atomic mass is 10.3. The van der Waals surface area contributed by atoms with Crippen molar-refractivity contribution in [2.24, 2.45) is 0 Å². The second-order valence-electron chi connectivity index (χ2n) is 5.51. The molecule has 3 aromatic rings. The Morgan fingerprint density at radius 3 is 2.19 bits per heavy atom. The Morgan fingerprint density at radius 1 is 1.10 bits per heavy atom. The minimum absolute atomic E-state index is 0.0634. The maximum atomic E-state index is 12.6. The number of hydrogen-bond acceptors (Lipinski definition) is 8. The molecule has 0 radical (unpaired) electrons. The zero-order valence-corrected chi connectivity index (χ0v) is 19.0. The van der Waals surface area contributed by atoms with Gasteiger partial charge in [-0.3, -0.25) is 9.69 Å². The molecule has 3 rings (SSSR count). The summed E-state index contributed by atoms with van der Waals surface area (Å²) >= 11 is 1.22. The third kappa shape index (κ3) is 6.30. The van der Waals surface area contributed by atoms with Gasteiger partial charge in [0.2, 0.25) is 0 Å². The van der Waals surface area contributed by atoms with E-state index in [1.807, 2.05) is 13.8 Å². The molecule has 0 saturated carbocycles. The van der Waals surface area contributed by atoms with Crippen LogP contribution in [0.1, 0.15) is 24.2 Å². The number of ether oxygens (including phenoxy) is 2. The molecule has 0 aliphatic rings. The van der Waals surface area contributed by atoms with Crippen LogP contribution in [0, 0.1) is 0 Å². The number of nitrogens with one attached hydrogen (secondary N) is 1. The molecule has 0 bridgehead atoms. The number of anilines is 2. The number of nitrogens with zero attached hydrogens (tertiary/aromatic N) is 1. The minimum Gasteiger partial charge on any atom is -0.497 e. The number of aldehydes is 1. The van der Waals surface area contributed by atoms with Gasteiger partial charge < -0.3 is 24.3 Å².